The van der Waals surface area contributed by atoms with Crippen LogP contribution < -0.4 is 5.32 Å². The summed E-state index contributed by atoms with van der Waals surface area (Å²) in [6, 6.07) is 0.230. The van der Waals surface area contributed by atoms with Gasteiger partial charge >= 0.3 is 0 Å². The molecular formula is C12H21N3O. The van der Waals surface area contributed by atoms with Crippen LogP contribution in [-0.2, 0) is 0 Å². The third-order valence-electron chi connectivity index (χ3n) is 2.69. The van der Waals surface area contributed by atoms with Crippen LogP contribution in [0.4, 0.5) is 0 Å². The molecule has 1 heterocycles. The molecule has 90 valence electrons. The number of carbonyl (C=O) groups is 1. The second-order valence-corrected chi connectivity index (χ2v) is 4.28. The molecule has 0 aliphatic carbocycles. The number of aryl methyl sites for hydroxylation is 1. The Hall–Kier alpha value is -1.32. The van der Waals surface area contributed by atoms with Crippen molar-refractivity contribution in [1.82, 2.24) is 15.5 Å². The first-order valence-corrected chi connectivity index (χ1v) is 5.96. The summed E-state index contributed by atoms with van der Waals surface area (Å²) in [5, 5.41) is 9.59. The fourth-order valence-electron chi connectivity index (χ4n) is 1.65. The van der Waals surface area contributed by atoms with Gasteiger partial charge in [0.05, 0.1) is 11.8 Å². The predicted octanol–water partition coefficient (Wildman–Crippen LogP) is 2.42. The number of H-pyrrole nitrogens is 1. The van der Waals surface area contributed by atoms with Crippen molar-refractivity contribution < 1.29 is 4.79 Å². The van der Waals surface area contributed by atoms with Crippen LogP contribution in [0.3, 0.4) is 0 Å². The van der Waals surface area contributed by atoms with Crippen molar-refractivity contribution in [2.75, 3.05) is 0 Å². The molecule has 1 atom stereocenters. The van der Waals surface area contributed by atoms with Gasteiger partial charge in [0, 0.05) is 11.7 Å². The smallest absolute Gasteiger partial charge is 0.254 e. The van der Waals surface area contributed by atoms with Gasteiger partial charge in [-0.1, -0.05) is 26.2 Å². The highest BCUT2D eigenvalue weighted by molar-refractivity contribution is 5.95. The maximum absolute atomic E-state index is 11.8. The number of aromatic nitrogens is 2. The molecule has 1 aromatic heterocycles. The zero-order valence-corrected chi connectivity index (χ0v) is 10.3. The Morgan fingerprint density at radius 3 is 2.88 bits per heavy atom. The van der Waals surface area contributed by atoms with Gasteiger partial charge in [-0.3, -0.25) is 9.89 Å². The average molecular weight is 223 g/mol. The Balaban J connectivity index is 2.37. The van der Waals surface area contributed by atoms with E-state index in [-0.39, 0.29) is 11.9 Å². The summed E-state index contributed by atoms with van der Waals surface area (Å²) in [5.74, 6) is -0.0322. The van der Waals surface area contributed by atoms with Crippen LogP contribution in [0, 0.1) is 6.92 Å². The lowest BCUT2D eigenvalue weighted by molar-refractivity contribution is 0.0937. The van der Waals surface area contributed by atoms with Crippen LogP contribution >= 0.6 is 0 Å². The van der Waals surface area contributed by atoms with E-state index in [9.17, 15) is 4.79 Å². The molecule has 0 aliphatic heterocycles. The molecule has 1 amide bonds. The van der Waals surface area contributed by atoms with Gasteiger partial charge in [-0.2, -0.15) is 5.10 Å². The standard InChI is InChI=1S/C12H21N3O/c1-4-5-6-7-9(2)14-12(16)11-8-13-15-10(11)3/h8-9H,4-7H2,1-3H3,(H,13,15)(H,14,16). The SMILES string of the molecule is CCCCCC(C)NC(=O)c1cn[nH]c1C. The molecule has 4 heteroatoms. The molecule has 0 saturated heterocycles. The maximum atomic E-state index is 11.8. The van der Waals surface area contributed by atoms with E-state index >= 15 is 0 Å². The second kappa shape index (κ2) is 6.30. The highest BCUT2D eigenvalue weighted by Crippen LogP contribution is 2.06. The fraction of sp³-hybridized carbons (Fsp3) is 0.667. The van der Waals surface area contributed by atoms with Crippen LogP contribution in [0.2, 0.25) is 0 Å². The van der Waals surface area contributed by atoms with Crippen molar-refractivity contribution in [1.29, 1.82) is 0 Å². The summed E-state index contributed by atoms with van der Waals surface area (Å²) in [6.45, 7) is 6.07. The zero-order chi connectivity index (χ0) is 12.0. The van der Waals surface area contributed by atoms with E-state index in [1.54, 1.807) is 6.20 Å². The molecule has 1 aromatic rings. The summed E-state index contributed by atoms with van der Waals surface area (Å²) >= 11 is 0. The van der Waals surface area contributed by atoms with Crippen LogP contribution in [0.5, 0.6) is 0 Å². The molecule has 16 heavy (non-hydrogen) atoms. The monoisotopic (exact) mass is 223 g/mol. The van der Waals surface area contributed by atoms with E-state index in [0.717, 1.165) is 12.1 Å². The zero-order valence-electron chi connectivity index (χ0n) is 10.3. The molecule has 0 radical (unpaired) electrons. The fourth-order valence-corrected chi connectivity index (χ4v) is 1.65. The summed E-state index contributed by atoms with van der Waals surface area (Å²) in [5.41, 5.74) is 1.46. The largest absolute Gasteiger partial charge is 0.349 e. The highest BCUT2D eigenvalue weighted by Gasteiger charge is 2.12. The number of nitrogens with one attached hydrogen (secondary N) is 2. The number of nitrogens with zero attached hydrogens (tertiary/aromatic N) is 1. The van der Waals surface area contributed by atoms with Gasteiger partial charge in [0.15, 0.2) is 0 Å². The number of unbranched alkanes of at least 4 members (excludes halogenated alkanes) is 2. The minimum atomic E-state index is -0.0322. The Labute approximate surface area is 96.8 Å². The topological polar surface area (TPSA) is 57.8 Å². The quantitative estimate of drug-likeness (QED) is 0.728. The van der Waals surface area contributed by atoms with E-state index < -0.39 is 0 Å². The van der Waals surface area contributed by atoms with E-state index in [2.05, 4.69) is 22.4 Å². The summed E-state index contributed by atoms with van der Waals surface area (Å²) in [4.78, 5) is 11.8. The lowest BCUT2D eigenvalue weighted by Crippen LogP contribution is -2.32. The first-order chi connectivity index (χ1) is 7.65. The first-order valence-electron chi connectivity index (χ1n) is 5.96. The number of hydrogen-bond donors (Lipinski definition) is 2. The van der Waals surface area contributed by atoms with Gasteiger partial charge in [0.25, 0.3) is 5.91 Å². The van der Waals surface area contributed by atoms with Gasteiger partial charge in [0.2, 0.25) is 0 Å². The molecule has 0 saturated carbocycles. The highest BCUT2D eigenvalue weighted by atomic mass is 16.1. The van der Waals surface area contributed by atoms with Crippen molar-refractivity contribution in [3.63, 3.8) is 0 Å². The van der Waals surface area contributed by atoms with E-state index in [4.69, 9.17) is 0 Å². The Morgan fingerprint density at radius 1 is 1.56 bits per heavy atom. The number of aromatic amines is 1. The van der Waals surface area contributed by atoms with Crippen molar-refractivity contribution in [3.05, 3.63) is 17.5 Å². The third-order valence-corrected chi connectivity index (χ3v) is 2.69. The maximum Gasteiger partial charge on any atom is 0.254 e. The third kappa shape index (κ3) is 3.68. The van der Waals surface area contributed by atoms with Crippen LogP contribution in [0.25, 0.3) is 0 Å². The van der Waals surface area contributed by atoms with Gasteiger partial charge < -0.3 is 5.32 Å². The summed E-state index contributed by atoms with van der Waals surface area (Å²) < 4.78 is 0. The molecule has 1 unspecified atom stereocenters. The first kappa shape index (κ1) is 12.7. The molecule has 0 spiro atoms. The number of carbonyl (C=O) groups excluding carboxylic acids is 1. The minimum Gasteiger partial charge on any atom is -0.349 e. The summed E-state index contributed by atoms with van der Waals surface area (Å²) in [6.07, 6.45) is 6.22. The molecule has 2 N–H and O–H groups in total. The lowest BCUT2D eigenvalue weighted by atomic mass is 10.1. The molecule has 1 rings (SSSR count). The van der Waals surface area contributed by atoms with Crippen molar-refractivity contribution in [2.45, 2.75) is 52.5 Å². The normalized spacial score (nSPS) is 12.4. The van der Waals surface area contributed by atoms with Gasteiger partial charge in [-0.15, -0.1) is 0 Å². The molecule has 0 fully saturated rings. The van der Waals surface area contributed by atoms with Crippen molar-refractivity contribution in [2.24, 2.45) is 0 Å². The number of amides is 1. The summed E-state index contributed by atoms with van der Waals surface area (Å²) in [7, 11) is 0. The van der Waals surface area contributed by atoms with Gasteiger partial charge in [-0.05, 0) is 20.3 Å². The van der Waals surface area contributed by atoms with Crippen molar-refractivity contribution >= 4 is 5.91 Å². The van der Waals surface area contributed by atoms with Crippen LogP contribution in [0.15, 0.2) is 6.20 Å². The van der Waals surface area contributed by atoms with Gasteiger partial charge in [0.1, 0.15) is 0 Å². The Kier molecular flexibility index (Phi) is 5.02. The van der Waals surface area contributed by atoms with E-state index in [1.807, 2.05) is 13.8 Å². The Morgan fingerprint density at radius 2 is 2.31 bits per heavy atom. The Bertz CT molecular complexity index is 333. The number of hydrogen-bond acceptors (Lipinski definition) is 2. The predicted molar refractivity (Wildman–Crippen MR) is 64.4 cm³/mol. The minimum absolute atomic E-state index is 0.0322. The molecular weight excluding hydrogens is 202 g/mol. The van der Waals surface area contributed by atoms with E-state index in [0.29, 0.717) is 5.56 Å². The number of rotatable bonds is 6. The average Bonchev–Trinajstić information content (AvgIpc) is 2.65. The van der Waals surface area contributed by atoms with Crippen LogP contribution in [0.1, 0.15) is 55.6 Å². The molecule has 0 aromatic carbocycles. The van der Waals surface area contributed by atoms with Crippen molar-refractivity contribution in [3.8, 4) is 0 Å². The lowest BCUT2D eigenvalue weighted by Gasteiger charge is -2.13. The molecule has 0 bridgehead atoms. The van der Waals surface area contributed by atoms with E-state index in [1.165, 1.54) is 19.3 Å². The molecule has 4 nitrogen and oxygen atoms in total. The molecule has 0 aliphatic rings. The second-order valence-electron chi connectivity index (χ2n) is 4.28. The van der Waals surface area contributed by atoms with Crippen LogP contribution in [-0.4, -0.2) is 22.1 Å². The van der Waals surface area contributed by atoms with Gasteiger partial charge in [-0.25, -0.2) is 0 Å².